The molecule has 16 heavy (non-hydrogen) atoms. The number of rotatable bonds is 5. The highest BCUT2D eigenvalue weighted by molar-refractivity contribution is 7.11. The van der Waals surface area contributed by atoms with Crippen molar-refractivity contribution in [3.05, 3.63) is 16.1 Å². The number of hydrogen-bond acceptors (Lipinski definition) is 4. The van der Waals surface area contributed by atoms with Crippen molar-refractivity contribution in [2.75, 3.05) is 6.54 Å². The minimum Gasteiger partial charge on any atom is -0.481 e. The minimum absolute atomic E-state index is 0.0763. The van der Waals surface area contributed by atoms with Crippen LogP contribution in [0.5, 0.6) is 0 Å². The molecule has 6 nitrogen and oxygen atoms in total. The molecule has 2 amide bonds. The monoisotopic (exact) mass is 243 g/mol. The minimum atomic E-state index is -0.932. The third-order valence-corrected chi connectivity index (χ3v) is 2.63. The maximum atomic E-state index is 11.2. The zero-order valence-electron chi connectivity index (χ0n) is 8.82. The summed E-state index contributed by atoms with van der Waals surface area (Å²) in [7, 11) is 0. The van der Waals surface area contributed by atoms with Crippen molar-refractivity contribution in [1.82, 2.24) is 15.6 Å². The van der Waals surface area contributed by atoms with Crippen LogP contribution in [0.15, 0.2) is 6.20 Å². The van der Waals surface area contributed by atoms with Gasteiger partial charge in [0.05, 0.1) is 18.0 Å². The van der Waals surface area contributed by atoms with Gasteiger partial charge in [-0.05, 0) is 6.92 Å². The second-order valence-corrected chi connectivity index (χ2v) is 4.42. The van der Waals surface area contributed by atoms with Crippen LogP contribution in [-0.4, -0.2) is 28.6 Å². The lowest BCUT2D eigenvalue weighted by Gasteiger charge is -2.04. The Bertz CT molecular complexity index is 378. The van der Waals surface area contributed by atoms with Gasteiger partial charge in [-0.25, -0.2) is 9.78 Å². The molecule has 0 radical (unpaired) electrons. The van der Waals surface area contributed by atoms with E-state index in [1.165, 1.54) is 11.3 Å². The van der Waals surface area contributed by atoms with Crippen molar-refractivity contribution in [1.29, 1.82) is 0 Å². The van der Waals surface area contributed by atoms with Gasteiger partial charge in [0.25, 0.3) is 0 Å². The maximum Gasteiger partial charge on any atom is 0.315 e. The van der Waals surface area contributed by atoms with Crippen molar-refractivity contribution in [2.24, 2.45) is 0 Å². The van der Waals surface area contributed by atoms with Gasteiger partial charge in [0, 0.05) is 17.6 Å². The van der Waals surface area contributed by atoms with E-state index in [4.69, 9.17) is 5.11 Å². The van der Waals surface area contributed by atoms with Crippen LogP contribution in [0.25, 0.3) is 0 Å². The molecule has 1 rings (SSSR count). The van der Waals surface area contributed by atoms with Crippen LogP contribution in [0, 0.1) is 6.92 Å². The summed E-state index contributed by atoms with van der Waals surface area (Å²) in [6, 6.07) is -0.368. The van der Waals surface area contributed by atoms with Gasteiger partial charge in [-0.3, -0.25) is 4.79 Å². The molecule has 0 saturated heterocycles. The molecule has 0 aliphatic heterocycles. The van der Waals surface area contributed by atoms with Crippen LogP contribution in [0.4, 0.5) is 4.79 Å². The number of carboxylic acid groups (broad SMARTS) is 1. The fourth-order valence-electron chi connectivity index (χ4n) is 1.000. The number of hydrogen-bond donors (Lipinski definition) is 3. The standard InChI is InChI=1S/C9H13N3O3S/c1-6-11-4-7(16-6)5-12-9(15)10-3-2-8(13)14/h4H,2-3,5H2,1H3,(H,13,14)(H2,10,12,15). The third kappa shape index (κ3) is 4.74. The molecular weight excluding hydrogens is 230 g/mol. The van der Waals surface area contributed by atoms with Crippen LogP contribution in [0.2, 0.25) is 0 Å². The number of carbonyl (C=O) groups is 2. The first-order valence-electron chi connectivity index (χ1n) is 4.72. The molecule has 0 saturated carbocycles. The fourth-order valence-corrected chi connectivity index (χ4v) is 1.73. The Labute approximate surface area is 96.7 Å². The van der Waals surface area contributed by atoms with Gasteiger partial charge in [-0.15, -0.1) is 11.3 Å². The molecule has 7 heteroatoms. The topological polar surface area (TPSA) is 91.3 Å². The first-order chi connectivity index (χ1) is 7.58. The number of carbonyl (C=O) groups excluding carboxylic acids is 1. The molecule has 0 fully saturated rings. The average molecular weight is 243 g/mol. The highest BCUT2D eigenvalue weighted by Gasteiger charge is 2.03. The van der Waals surface area contributed by atoms with Gasteiger partial charge in [-0.2, -0.15) is 0 Å². The van der Waals surface area contributed by atoms with E-state index in [1.807, 2.05) is 6.92 Å². The summed E-state index contributed by atoms with van der Waals surface area (Å²) in [5, 5.41) is 14.4. The number of amides is 2. The van der Waals surface area contributed by atoms with E-state index in [0.29, 0.717) is 6.54 Å². The molecule has 3 N–H and O–H groups in total. The summed E-state index contributed by atoms with van der Waals surface area (Å²) in [6.07, 6.45) is 1.63. The summed E-state index contributed by atoms with van der Waals surface area (Å²) in [5.41, 5.74) is 0. The molecule has 0 spiro atoms. The number of nitrogens with zero attached hydrogens (tertiary/aromatic N) is 1. The molecule has 88 valence electrons. The maximum absolute atomic E-state index is 11.2. The Kier molecular flexibility index (Phi) is 4.71. The highest BCUT2D eigenvalue weighted by Crippen LogP contribution is 2.10. The van der Waals surface area contributed by atoms with Crippen LogP contribution in [0.1, 0.15) is 16.3 Å². The molecule has 0 unspecified atom stereocenters. The van der Waals surface area contributed by atoms with Crippen LogP contribution >= 0.6 is 11.3 Å². The number of nitrogens with one attached hydrogen (secondary N) is 2. The van der Waals surface area contributed by atoms with Crippen LogP contribution in [-0.2, 0) is 11.3 Å². The third-order valence-electron chi connectivity index (χ3n) is 1.72. The quantitative estimate of drug-likeness (QED) is 0.710. The normalized spacial score (nSPS) is 9.81. The Hall–Kier alpha value is -1.63. The van der Waals surface area contributed by atoms with Gasteiger partial charge in [0.15, 0.2) is 0 Å². The molecular formula is C9H13N3O3S. The summed E-state index contributed by atoms with van der Waals surface area (Å²) in [6.45, 7) is 2.42. The number of thiazole rings is 1. The van der Waals surface area contributed by atoms with E-state index in [9.17, 15) is 9.59 Å². The summed E-state index contributed by atoms with van der Waals surface area (Å²) in [5.74, 6) is -0.932. The van der Waals surface area contributed by atoms with Gasteiger partial charge in [0.1, 0.15) is 0 Å². The zero-order valence-corrected chi connectivity index (χ0v) is 9.63. The molecule has 1 heterocycles. The summed E-state index contributed by atoms with van der Waals surface area (Å²) < 4.78 is 0. The Morgan fingerprint density at radius 1 is 1.50 bits per heavy atom. The molecule has 0 bridgehead atoms. The van der Waals surface area contributed by atoms with E-state index in [1.54, 1.807) is 6.20 Å². The Morgan fingerprint density at radius 3 is 2.81 bits per heavy atom. The van der Waals surface area contributed by atoms with Crippen molar-refractivity contribution in [2.45, 2.75) is 19.9 Å². The summed E-state index contributed by atoms with van der Waals surface area (Å²) >= 11 is 1.51. The van der Waals surface area contributed by atoms with E-state index in [-0.39, 0.29) is 19.0 Å². The second-order valence-electron chi connectivity index (χ2n) is 3.10. The van der Waals surface area contributed by atoms with E-state index in [0.717, 1.165) is 9.88 Å². The van der Waals surface area contributed by atoms with Crippen LogP contribution in [0.3, 0.4) is 0 Å². The first kappa shape index (κ1) is 12.4. The van der Waals surface area contributed by atoms with Gasteiger partial charge in [0.2, 0.25) is 0 Å². The first-order valence-corrected chi connectivity index (χ1v) is 5.54. The fraction of sp³-hybridized carbons (Fsp3) is 0.444. The Balaban J connectivity index is 2.17. The van der Waals surface area contributed by atoms with Crippen molar-refractivity contribution in [3.8, 4) is 0 Å². The predicted molar refractivity (Wildman–Crippen MR) is 59.3 cm³/mol. The molecule has 0 aromatic carbocycles. The van der Waals surface area contributed by atoms with Gasteiger partial charge in [-0.1, -0.05) is 0 Å². The van der Waals surface area contributed by atoms with E-state index < -0.39 is 5.97 Å². The number of aliphatic carboxylic acids is 1. The van der Waals surface area contributed by atoms with Gasteiger partial charge < -0.3 is 15.7 Å². The molecule has 1 aromatic rings. The number of aryl methyl sites for hydroxylation is 1. The molecule has 0 aliphatic rings. The largest absolute Gasteiger partial charge is 0.481 e. The molecule has 0 aliphatic carbocycles. The lowest BCUT2D eigenvalue weighted by molar-refractivity contribution is -0.136. The number of urea groups is 1. The van der Waals surface area contributed by atoms with Crippen molar-refractivity contribution >= 4 is 23.3 Å². The lowest BCUT2D eigenvalue weighted by Crippen LogP contribution is -2.36. The zero-order chi connectivity index (χ0) is 12.0. The predicted octanol–water partition coefficient (Wildman–Crippen LogP) is 0.725. The summed E-state index contributed by atoms with van der Waals surface area (Å²) in [4.78, 5) is 26.4. The SMILES string of the molecule is Cc1ncc(CNC(=O)NCCC(=O)O)s1. The molecule has 1 aromatic heterocycles. The average Bonchev–Trinajstić information content (AvgIpc) is 2.61. The van der Waals surface area contributed by atoms with Crippen molar-refractivity contribution < 1.29 is 14.7 Å². The Morgan fingerprint density at radius 2 is 2.25 bits per heavy atom. The van der Waals surface area contributed by atoms with Gasteiger partial charge >= 0.3 is 12.0 Å². The molecule has 0 atom stereocenters. The second kappa shape index (κ2) is 6.06. The lowest BCUT2D eigenvalue weighted by atomic mass is 10.4. The smallest absolute Gasteiger partial charge is 0.315 e. The number of aromatic nitrogens is 1. The highest BCUT2D eigenvalue weighted by atomic mass is 32.1. The van der Waals surface area contributed by atoms with Crippen molar-refractivity contribution in [3.63, 3.8) is 0 Å². The van der Waals surface area contributed by atoms with E-state index in [2.05, 4.69) is 15.6 Å². The van der Waals surface area contributed by atoms with Crippen LogP contribution < -0.4 is 10.6 Å². The van der Waals surface area contributed by atoms with E-state index >= 15 is 0 Å². The number of carboxylic acids is 1.